The zero-order valence-corrected chi connectivity index (χ0v) is 17.7. The fourth-order valence-corrected chi connectivity index (χ4v) is 3.09. The van der Waals surface area contributed by atoms with E-state index in [0.29, 0.717) is 5.75 Å². The second-order valence-corrected chi connectivity index (χ2v) is 7.32. The van der Waals surface area contributed by atoms with Crippen molar-refractivity contribution >= 4 is 35.1 Å². The lowest BCUT2D eigenvalue weighted by atomic mass is 10.2. The highest BCUT2D eigenvalue weighted by Gasteiger charge is 2.14. The van der Waals surface area contributed by atoms with Crippen molar-refractivity contribution in [2.45, 2.75) is 13.3 Å². The van der Waals surface area contributed by atoms with Crippen molar-refractivity contribution in [1.82, 2.24) is 24.5 Å². The molecule has 0 fully saturated rings. The molecule has 164 valence electrons. The summed E-state index contributed by atoms with van der Waals surface area (Å²) in [5.41, 5.74) is 0.359. The Labute approximate surface area is 190 Å². The van der Waals surface area contributed by atoms with Gasteiger partial charge in [-0.1, -0.05) is 29.3 Å². The standard InChI is InChI=1S/C20H14Cl2F2N6O2/c21-14-2-1-3-16(23)13(14)9-30-10-25-20(28-30)26-19(31)18-6-7-29(27-18)11-32-12-4-5-17(24)15(22)8-12/h1-8,10H,9,11H2,(H,26,28,31). The second-order valence-electron chi connectivity index (χ2n) is 6.51. The average molecular weight is 479 g/mol. The van der Waals surface area contributed by atoms with Gasteiger partial charge in [0.25, 0.3) is 5.91 Å². The Morgan fingerprint density at radius 1 is 1.03 bits per heavy atom. The van der Waals surface area contributed by atoms with E-state index >= 15 is 0 Å². The van der Waals surface area contributed by atoms with Crippen LogP contribution in [0, 0.1) is 11.6 Å². The molecule has 1 N–H and O–H groups in total. The zero-order chi connectivity index (χ0) is 22.7. The van der Waals surface area contributed by atoms with Crippen LogP contribution in [0.5, 0.6) is 5.75 Å². The van der Waals surface area contributed by atoms with E-state index in [2.05, 4.69) is 20.5 Å². The maximum absolute atomic E-state index is 13.9. The molecule has 0 bridgehead atoms. The van der Waals surface area contributed by atoms with Crippen LogP contribution in [-0.2, 0) is 13.3 Å². The SMILES string of the molecule is O=C(Nc1ncn(Cc2c(F)cccc2Cl)n1)c1ccn(COc2ccc(F)c(Cl)c2)n1. The topological polar surface area (TPSA) is 86.9 Å². The van der Waals surface area contributed by atoms with Gasteiger partial charge in [0, 0.05) is 22.8 Å². The van der Waals surface area contributed by atoms with Crippen molar-refractivity contribution in [3.63, 3.8) is 0 Å². The first-order valence-corrected chi connectivity index (χ1v) is 9.89. The number of rotatable bonds is 7. The summed E-state index contributed by atoms with van der Waals surface area (Å²) >= 11 is 11.7. The van der Waals surface area contributed by atoms with Crippen LogP contribution >= 0.6 is 23.2 Å². The van der Waals surface area contributed by atoms with Gasteiger partial charge < -0.3 is 4.74 Å². The molecule has 4 rings (SSSR count). The minimum atomic E-state index is -0.551. The molecule has 0 spiro atoms. The van der Waals surface area contributed by atoms with E-state index in [4.69, 9.17) is 27.9 Å². The normalized spacial score (nSPS) is 10.9. The number of hydrogen-bond acceptors (Lipinski definition) is 5. The zero-order valence-electron chi connectivity index (χ0n) is 16.2. The molecule has 32 heavy (non-hydrogen) atoms. The molecule has 0 atom stereocenters. The number of anilines is 1. The predicted octanol–water partition coefficient (Wildman–Crippen LogP) is 4.40. The molecule has 0 saturated carbocycles. The molecule has 12 heteroatoms. The Morgan fingerprint density at radius 2 is 1.88 bits per heavy atom. The quantitative estimate of drug-likeness (QED) is 0.425. The Morgan fingerprint density at radius 3 is 2.66 bits per heavy atom. The van der Waals surface area contributed by atoms with Crippen LogP contribution in [0.25, 0.3) is 0 Å². The average Bonchev–Trinajstić information content (AvgIpc) is 3.41. The van der Waals surface area contributed by atoms with Gasteiger partial charge in [-0.2, -0.15) is 5.10 Å². The minimum absolute atomic E-state index is 0.0223. The van der Waals surface area contributed by atoms with E-state index in [0.717, 1.165) is 0 Å². The molecule has 0 aliphatic rings. The summed E-state index contributed by atoms with van der Waals surface area (Å²) in [5, 5.41) is 10.9. The molecule has 2 heterocycles. The summed E-state index contributed by atoms with van der Waals surface area (Å²) in [7, 11) is 0. The highest BCUT2D eigenvalue weighted by atomic mass is 35.5. The van der Waals surface area contributed by atoms with Gasteiger partial charge in [-0.15, -0.1) is 5.10 Å². The molecular weight excluding hydrogens is 465 g/mol. The van der Waals surface area contributed by atoms with Crippen molar-refractivity contribution in [1.29, 1.82) is 0 Å². The molecular formula is C20H14Cl2F2N6O2. The van der Waals surface area contributed by atoms with Gasteiger partial charge in [0.15, 0.2) is 12.4 Å². The first-order valence-electron chi connectivity index (χ1n) is 9.14. The first-order chi connectivity index (χ1) is 15.4. The van der Waals surface area contributed by atoms with E-state index in [1.165, 1.54) is 58.3 Å². The summed E-state index contributed by atoms with van der Waals surface area (Å²) in [6, 6.07) is 9.81. The molecule has 4 aromatic rings. The van der Waals surface area contributed by atoms with Crippen LogP contribution < -0.4 is 10.1 Å². The lowest BCUT2D eigenvalue weighted by Crippen LogP contribution is -2.15. The summed E-state index contributed by atoms with van der Waals surface area (Å²) in [6.07, 6.45) is 2.88. The summed E-state index contributed by atoms with van der Waals surface area (Å²) in [4.78, 5) is 16.4. The maximum Gasteiger partial charge on any atom is 0.278 e. The molecule has 0 unspecified atom stereocenters. The Balaban J connectivity index is 1.35. The molecule has 0 aliphatic heterocycles. The van der Waals surface area contributed by atoms with Gasteiger partial charge in [-0.05, 0) is 30.3 Å². The molecule has 2 aromatic carbocycles. The number of ether oxygens (including phenoxy) is 1. The Kier molecular flexibility index (Phi) is 6.33. The van der Waals surface area contributed by atoms with E-state index in [-0.39, 0.29) is 40.5 Å². The number of carbonyl (C=O) groups excluding carboxylic acids is 1. The number of hydrogen-bond donors (Lipinski definition) is 1. The van der Waals surface area contributed by atoms with Crippen LogP contribution in [-0.4, -0.2) is 30.5 Å². The van der Waals surface area contributed by atoms with Gasteiger partial charge in [0.1, 0.15) is 23.7 Å². The van der Waals surface area contributed by atoms with Gasteiger partial charge in [-0.25, -0.2) is 23.1 Å². The molecule has 0 saturated heterocycles. The third kappa shape index (κ3) is 5.04. The number of aromatic nitrogens is 5. The number of amides is 1. The lowest BCUT2D eigenvalue weighted by molar-refractivity contribution is 0.101. The van der Waals surface area contributed by atoms with Gasteiger partial charge in [0.05, 0.1) is 11.6 Å². The molecule has 8 nitrogen and oxygen atoms in total. The number of carbonyl (C=O) groups is 1. The van der Waals surface area contributed by atoms with E-state index < -0.39 is 17.5 Å². The minimum Gasteiger partial charge on any atom is -0.471 e. The number of nitrogens with one attached hydrogen (secondary N) is 1. The Bertz CT molecular complexity index is 1260. The lowest BCUT2D eigenvalue weighted by Gasteiger charge is -2.06. The van der Waals surface area contributed by atoms with Gasteiger partial charge in [0.2, 0.25) is 5.95 Å². The highest BCUT2D eigenvalue weighted by molar-refractivity contribution is 6.31. The summed E-state index contributed by atoms with van der Waals surface area (Å²) < 4.78 is 35.3. The number of halogens is 4. The Hall–Kier alpha value is -3.50. The third-order valence-corrected chi connectivity index (χ3v) is 4.92. The molecule has 1 amide bonds. The number of benzene rings is 2. The predicted molar refractivity (Wildman–Crippen MR) is 113 cm³/mol. The monoisotopic (exact) mass is 478 g/mol. The van der Waals surface area contributed by atoms with E-state index in [1.54, 1.807) is 6.07 Å². The van der Waals surface area contributed by atoms with Crippen LogP contribution in [0.2, 0.25) is 10.0 Å². The van der Waals surface area contributed by atoms with E-state index in [1.807, 2.05) is 0 Å². The van der Waals surface area contributed by atoms with Crippen molar-refractivity contribution in [3.8, 4) is 5.75 Å². The number of nitrogens with zero attached hydrogens (tertiary/aromatic N) is 5. The van der Waals surface area contributed by atoms with Crippen molar-refractivity contribution < 1.29 is 18.3 Å². The second kappa shape index (κ2) is 9.33. The van der Waals surface area contributed by atoms with Crippen molar-refractivity contribution in [2.75, 3.05) is 5.32 Å². The van der Waals surface area contributed by atoms with Gasteiger partial charge in [-0.3, -0.25) is 10.1 Å². The van der Waals surface area contributed by atoms with Crippen molar-refractivity contribution in [2.24, 2.45) is 0 Å². The molecule has 0 radical (unpaired) electrons. The van der Waals surface area contributed by atoms with Gasteiger partial charge >= 0.3 is 0 Å². The summed E-state index contributed by atoms with van der Waals surface area (Å²) in [6.45, 7) is 0.0270. The summed E-state index contributed by atoms with van der Waals surface area (Å²) in [5.74, 6) is -1.19. The van der Waals surface area contributed by atoms with Crippen molar-refractivity contribution in [3.05, 3.63) is 87.9 Å². The first kappa shape index (κ1) is 21.7. The van der Waals surface area contributed by atoms with Crippen LogP contribution in [0.3, 0.4) is 0 Å². The highest BCUT2D eigenvalue weighted by Crippen LogP contribution is 2.22. The fraction of sp³-hybridized carbons (Fsp3) is 0.100. The molecule has 2 aromatic heterocycles. The third-order valence-electron chi connectivity index (χ3n) is 4.27. The van der Waals surface area contributed by atoms with Crippen LogP contribution in [0.1, 0.15) is 16.1 Å². The maximum atomic E-state index is 13.9. The van der Waals surface area contributed by atoms with Crippen LogP contribution in [0.4, 0.5) is 14.7 Å². The largest absolute Gasteiger partial charge is 0.471 e. The fourth-order valence-electron chi connectivity index (χ4n) is 2.70. The molecule has 0 aliphatic carbocycles. The van der Waals surface area contributed by atoms with E-state index in [9.17, 15) is 13.6 Å². The smallest absolute Gasteiger partial charge is 0.278 e. The van der Waals surface area contributed by atoms with Crippen LogP contribution in [0.15, 0.2) is 55.0 Å².